The number of carboxylic acids is 1. The molecule has 0 aliphatic heterocycles. The summed E-state index contributed by atoms with van der Waals surface area (Å²) in [6.45, 7) is 6.07. The van der Waals surface area contributed by atoms with Gasteiger partial charge in [0.15, 0.2) is 0 Å². The summed E-state index contributed by atoms with van der Waals surface area (Å²) in [6, 6.07) is 7.73. The predicted molar refractivity (Wildman–Crippen MR) is 75.1 cm³/mol. The van der Waals surface area contributed by atoms with Crippen molar-refractivity contribution in [2.45, 2.75) is 33.4 Å². The van der Waals surface area contributed by atoms with E-state index < -0.39 is 5.97 Å². The van der Waals surface area contributed by atoms with Gasteiger partial charge in [-0.05, 0) is 38.5 Å². The van der Waals surface area contributed by atoms with Crippen molar-refractivity contribution in [2.24, 2.45) is 0 Å². The molecule has 1 aromatic heterocycles. The van der Waals surface area contributed by atoms with Crippen molar-refractivity contribution >= 4 is 5.97 Å². The van der Waals surface area contributed by atoms with E-state index in [2.05, 4.69) is 5.10 Å². The number of hydrogen-bond acceptors (Lipinski definition) is 3. The van der Waals surface area contributed by atoms with E-state index in [1.807, 2.05) is 45.0 Å². The highest BCUT2D eigenvalue weighted by Crippen LogP contribution is 2.18. The van der Waals surface area contributed by atoms with Crippen molar-refractivity contribution < 1.29 is 14.6 Å². The van der Waals surface area contributed by atoms with Gasteiger partial charge in [-0.25, -0.2) is 4.79 Å². The van der Waals surface area contributed by atoms with Gasteiger partial charge < -0.3 is 9.84 Å². The van der Waals surface area contributed by atoms with E-state index in [1.165, 1.54) is 6.20 Å². The average Bonchev–Trinajstić information content (AvgIpc) is 2.80. The summed E-state index contributed by atoms with van der Waals surface area (Å²) in [5.41, 5.74) is 1.86. The average molecular weight is 274 g/mol. The van der Waals surface area contributed by atoms with Crippen molar-refractivity contribution in [1.82, 2.24) is 9.78 Å². The molecule has 2 aromatic rings. The SMILES string of the molecule is Cc1cccc(OCc2c(C(=O)O)cnn2C(C)C)c1. The Bertz CT molecular complexity index is 617. The first-order valence-electron chi connectivity index (χ1n) is 6.48. The Morgan fingerprint density at radius 2 is 2.20 bits per heavy atom. The van der Waals surface area contributed by atoms with Gasteiger partial charge >= 0.3 is 5.97 Å². The molecule has 0 amide bonds. The number of carboxylic acid groups (broad SMARTS) is 1. The molecule has 5 heteroatoms. The van der Waals surface area contributed by atoms with E-state index in [0.717, 1.165) is 11.3 Å². The van der Waals surface area contributed by atoms with E-state index in [4.69, 9.17) is 4.74 Å². The molecule has 1 aromatic carbocycles. The van der Waals surface area contributed by atoms with Crippen LogP contribution in [-0.2, 0) is 6.61 Å². The van der Waals surface area contributed by atoms with Gasteiger partial charge in [0.05, 0.1) is 11.9 Å². The molecule has 0 radical (unpaired) electrons. The van der Waals surface area contributed by atoms with Crippen LogP contribution >= 0.6 is 0 Å². The van der Waals surface area contributed by atoms with E-state index in [0.29, 0.717) is 5.69 Å². The molecule has 20 heavy (non-hydrogen) atoms. The fraction of sp³-hybridized carbons (Fsp3) is 0.333. The topological polar surface area (TPSA) is 64.3 Å². The quantitative estimate of drug-likeness (QED) is 0.910. The minimum Gasteiger partial charge on any atom is -0.487 e. The highest BCUT2D eigenvalue weighted by Gasteiger charge is 2.18. The lowest BCUT2D eigenvalue weighted by molar-refractivity contribution is 0.0693. The second-order valence-electron chi connectivity index (χ2n) is 4.95. The maximum absolute atomic E-state index is 11.2. The fourth-order valence-corrected chi connectivity index (χ4v) is 2.01. The third kappa shape index (κ3) is 2.99. The molecular weight excluding hydrogens is 256 g/mol. The maximum atomic E-state index is 11.2. The number of aromatic nitrogens is 2. The van der Waals surface area contributed by atoms with E-state index in [1.54, 1.807) is 4.68 Å². The Morgan fingerprint density at radius 1 is 1.45 bits per heavy atom. The molecule has 0 aliphatic rings. The Morgan fingerprint density at radius 3 is 2.80 bits per heavy atom. The molecule has 106 valence electrons. The summed E-state index contributed by atoms with van der Waals surface area (Å²) < 4.78 is 7.37. The van der Waals surface area contributed by atoms with Crippen LogP contribution in [0.4, 0.5) is 0 Å². The standard InChI is InChI=1S/C15H18N2O3/c1-10(2)17-14(13(8-16-17)15(18)19)9-20-12-6-4-5-11(3)7-12/h4-8,10H,9H2,1-3H3,(H,18,19). The zero-order valence-corrected chi connectivity index (χ0v) is 11.8. The van der Waals surface area contributed by atoms with Crippen LogP contribution in [0.2, 0.25) is 0 Å². The monoisotopic (exact) mass is 274 g/mol. The number of ether oxygens (including phenoxy) is 1. The molecule has 0 aliphatic carbocycles. The number of hydrogen-bond donors (Lipinski definition) is 1. The minimum absolute atomic E-state index is 0.0826. The molecule has 1 N–H and O–H groups in total. The largest absolute Gasteiger partial charge is 0.487 e. The smallest absolute Gasteiger partial charge is 0.339 e. The molecule has 0 unspecified atom stereocenters. The predicted octanol–water partition coefficient (Wildman–Crippen LogP) is 3.05. The van der Waals surface area contributed by atoms with Crippen LogP contribution in [0.1, 0.15) is 41.5 Å². The maximum Gasteiger partial charge on any atom is 0.339 e. The van der Waals surface area contributed by atoms with Crippen molar-refractivity contribution in [2.75, 3.05) is 0 Å². The van der Waals surface area contributed by atoms with Crippen molar-refractivity contribution in [1.29, 1.82) is 0 Å². The number of aromatic carboxylic acids is 1. The normalized spacial score (nSPS) is 10.8. The first kappa shape index (κ1) is 14.1. The number of rotatable bonds is 5. The molecule has 0 bridgehead atoms. The third-order valence-corrected chi connectivity index (χ3v) is 2.98. The summed E-state index contributed by atoms with van der Waals surface area (Å²) in [7, 11) is 0. The lowest BCUT2D eigenvalue weighted by atomic mass is 10.2. The summed E-state index contributed by atoms with van der Waals surface area (Å²) in [5, 5.41) is 13.3. The molecular formula is C15H18N2O3. The van der Waals surface area contributed by atoms with Gasteiger partial charge in [0.2, 0.25) is 0 Å². The number of aryl methyl sites for hydroxylation is 1. The van der Waals surface area contributed by atoms with E-state index in [-0.39, 0.29) is 18.2 Å². The Kier molecular flexibility index (Phi) is 4.08. The molecule has 0 fully saturated rings. The van der Waals surface area contributed by atoms with Crippen molar-refractivity contribution in [3.63, 3.8) is 0 Å². The second kappa shape index (κ2) is 5.77. The van der Waals surface area contributed by atoms with Gasteiger partial charge in [0.1, 0.15) is 17.9 Å². The van der Waals surface area contributed by atoms with Crippen LogP contribution in [0.3, 0.4) is 0 Å². The lowest BCUT2D eigenvalue weighted by Gasteiger charge is -2.13. The van der Waals surface area contributed by atoms with Crippen LogP contribution in [0, 0.1) is 6.92 Å². The number of nitrogens with zero attached hydrogens (tertiary/aromatic N) is 2. The van der Waals surface area contributed by atoms with Gasteiger partial charge in [0.25, 0.3) is 0 Å². The Hall–Kier alpha value is -2.30. The minimum atomic E-state index is -0.986. The van der Waals surface area contributed by atoms with Gasteiger partial charge in [-0.15, -0.1) is 0 Å². The zero-order valence-electron chi connectivity index (χ0n) is 11.8. The summed E-state index contributed by atoms with van der Waals surface area (Å²) in [6.07, 6.45) is 1.37. The summed E-state index contributed by atoms with van der Waals surface area (Å²) in [4.78, 5) is 11.2. The molecule has 0 atom stereocenters. The number of carbonyl (C=O) groups is 1. The molecule has 5 nitrogen and oxygen atoms in total. The fourth-order valence-electron chi connectivity index (χ4n) is 2.01. The van der Waals surface area contributed by atoms with Gasteiger partial charge in [0, 0.05) is 6.04 Å². The van der Waals surface area contributed by atoms with Crippen molar-refractivity contribution in [3.8, 4) is 5.75 Å². The van der Waals surface area contributed by atoms with Gasteiger partial charge in [-0.2, -0.15) is 5.10 Å². The molecule has 0 spiro atoms. The van der Waals surface area contributed by atoms with Crippen molar-refractivity contribution in [3.05, 3.63) is 47.3 Å². The molecule has 2 rings (SSSR count). The third-order valence-electron chi connectivity index (χ3n) is 2.98. The summed E-state index contributed by atoms with van der Waals surface area (Å²) >= 11 is 0. The van der Waals surface area contributed by atoms with Crippen LogP contribution in [0.25, 0.3) is 0 Å². The Balaban J connectivity index is 2.23. The van der Waals surface area contributed by atoms with Crippen LogP contribution < -0.4 is 4.74 Å². The van der Waals surface area contributed by atoms with Crippen LogP contribution in [0.15, 0.2) is 30.5 Å². The summed E-state index contributed by atoms with van der Waals surface area (Å²) in [5.74, 6) is -0.266. The molecule has 0 saturated heterocycles. The molecule has 0 saturated carbocycles. The number of benzene rings is 1. The highest BCUT2D eigenvalue weighted by molar-refractivity contribution is 5.88. The van der Waals surface area contributed by atoms with Crippen LogP contribution in [-0.4, -0.2) is 20.9 Å². The molecule has 1 heterocycles. The zero-order chi connectivity index (χ0) is 14.7. The van der Waals surface area contributed by atoms with Gasteiger partial charge in [-0.1, -0.05) is 12.1 Å². The first-order valence-corrected chi connectivity index (χ1v) is 6.48. The van der Waals surface area contributed by atoms with Crippen LogP contribution in [0.5, 0.6) is 5.75 Å². The van der Waals surface area contributed by atoms with E-state index >= 15 is 0 Å². The second-order valence-corrected chi connectivity index (χ2v) is 4.95. The lowest BCUT2D eigenvalue weighted by Crippen LogP contribution is -2.13. The highest BCUT2D eigenvalue weighted by atomic mass is 16.5. The van der Waals surface area contributed by atoms with Gasteiger partial charge in [-0.3, -0.25) is 4.68 Å². The van der Waals surface area contributed by atoms with E-state index in [9.17, 15) is 9.90 Å². The Labute approximate surface area is 117 Å². The first-order chi connectivity index (χ1) is 9.49.